The molecule has 126 valence electrons. The van der Waals surface area contributed by atoms with Gasteiger partial charge in [0, 0.05) is 5.56 Å². The largest absolute Gasteiger partial charge is 0.478 e. The van der Waals surface area contributed by atoms with Gasteiger partial charge in [-0.3, -0.25) is 5.43 Å². The molecular weight excluding hydrogens is 318 g/mol. The Bertz CT molecular complexity index is 759. The molecule has 5 nitrogen and oxygen atoms in total. The van der Waals surface area contributed by atoms with E-state index >= 15 is 0 Å². The fourth-order valence-corrected chi connectivity index (χ4v) is 2.02. The molecule has 0 aliphatic heterocycles. The van der Waals surface area contributed by atoms with Crippen LogP contribution < -0.4 is 10.2 Å². The molecule has 0 saturated carbocycles. The van der Waals surface area contributed by atoms with Crippen molar-refractivity contribution in [1.29, 1.82) is 0 Å². The van der Waals surface area contributed by atoms with Gasteiger partial charge in [-0.05, 0) is 50.2 Å². The SMILES string of the molecule is C/C(=N/Nc1ccc(C(=O)O)cc1)c1cc(C)ccc1OC(F)F. The number of hydrogen-bond donors (Lipinski definition) is 2. The van der Waals surface area contributed by atoms with Crippen LogP contribution in [0.1, 0.15) is 28.4 Å². The minimum Gasteiger partial charge on any atom is -0.478 e. The summed E-state index contributed by atoms with van der Waals surface area (Å²) in [6.07, 6.45) is 0. The van der Waals surface area contributed by atoms with E-state index in [1.54, 1.807) is 31.2 Å². The van der Waals surface area contributed by atoms with E-state index in [2.05, 4.69) is 15.3 Å². The highest BCUT2D eigenvalue weighted by Crippen LogP contribution is 2.23. The maximum Gasteiger partial charge on any atom is 0.387 e. The van der Waals surface area contributed by atoms with Crippen molar-refractivity contribution in [1.82, 2.24) is 0 Å². The minimum absolute atomic E-state index is 0.0416. The molecule has 0 amide bonds. The Morgan fingerprint density at radius 2 is 1.88 bits per heavy atom. The number of anilines is 1. The molecule has 0 aromatic heterocycles. The molecule has 2 N–H and O–H groups in total. The first-order chi connectivity index (χ1) is 11.4. The summed E-state index contributed by atoms with van der Waals surface area (Å²) in [6.45, 7) is 0.572. The lowest BCUT2D eigenvalue weighted by Crippen LogP contribution is -2.08. The first kappa shape index (κ1) is 17.4. The lowest BCUT2D eigenvalue weighted by molar-refractivity contribution is -0.0499. The first-order valence-electron chi connectivity index (χ1n) is 7.06. The molecule has 0 unspecified atom stereocenters. The summed E-state index contributed by atoms with van der Waals surface area (Å²) in [5.41, 5.74) is 5.28. The van der Waals surface area contributed by atoms with Crippen molar-refractivity contribution in [3.8, 4) is 5.75 Å². The van der Waals surface area contributed by atoms with Gasteiger partial charge in [0.15, 0.2) is 0 Å². The summed E-state index contributed by atoms with van der Waals surface area (Å²) in [5.74, 6) is -0.977. The Balaban J connectivity index is 2.21. The van der Waals surface area contributed by atoms with Gasteiger partial charge in [0.2, 0.25) is 0 Å². The molecule has 0 aliphatic rings. The van der Waals surface area contributed by atoms with Crippen LogP contribution in [0.3, 0.4) is 0 Å². The number of aryl methyl sites for hydroxylation is 1. The van der Waals surface area contributed by atoms with Crippen LogP contribution in [0.15, 0.2) is 47.6 Å². The Morgan fingerprint density at radius 3 is 2.46 bits per heavy atom. The van der Waals surface area contributed by atoms with E-state index in [1.165, 1.54) is 18.2 Å². The van der Waals surface area contributed by atoms with Crippen molar-refractivity contribution in [2.24, 2.45) is 5.10 Å². The summed E-state index contributed by atoms with van der Waals surface area (Å²) >= 11 is 0. The maximum atomic E-state index is 12.5. The minimum atomic E-state index is -2.92. The molecule has 0 aliphatic carbocycles. The molecule has 0 saturated heterocycles. The second kappa shape index (κ2) is 7.54. The number of benzene rings is 2. The fourth-order valence-electron chi connectivity index (χ4n) is 2.02. The van der Waals surface area contributed by atoms with E-state index in [0.717, 1.165) is 5.56 Å². The van der Waals surface area contributed by atoms with Crippen LogP contribution in [0, 0.1) is 6.92 Å². The summed E-state index contributed by atoms with van der Waals surface area (Å²) in [4.78, 5) is 10.8. The van der Waals surface area contributed by atoms with Crippen molar-refractivity contribution in [3.63, 3.8) is 0 Å². The van der Waals surface area contributed by atoms with Crippen molar-refractivity contribution >= 4 is 17.4 Å². The molecule has 2 aromatic carbocycles. The Kier molecular flexibility index (Phi) is 5.47. The highest BCUT2D eigenvalue weighted by atomic mass is 19.3. The van der Waals surface area contributed by atoms with Crippen LogP contribution in [-0.4, -0.2) is 23.4 Å². The first-order valence-corrected chi connectivity index (χ1v) is 7.06. The summed E-state index contributed by atoms with van der Waals surface area (Å²) in [7, 11) is 0. The Hall–Kier alpha value is -2.96. The van der Waals surface area contributed by atoms with E-state index in [9.17, 15) is 13.6 Å². The third-order valence-corrected chi connectivity index (χ3v) is 3.23. The van der Waals surface area contributed by atoms with E-state index in [0.29, 0.717) is 17.0 Å². The molecule has 0 fully saturated rings. The standard InChI is InChI=1S/C17H16F2N2O3/c1-10-3-8-15(24-17(18)19)14(9-10)11(2)20-21-13-6-4-12(5-7-13)16(22)23/h3-9,17,21H,1-2H3,(H,22,23)/b20-11-. The summed E-state index contributed by atoms with van der Waals surface area (Å²) < 4.78 is 29.5. The lowest BCUT2D eigenvalue weighted by Gasteiger charge is -2.11. The average Bonchev–Trinajstić information content (AvgIpc) is 2.54. The van der Waals surface area contributed by atoms with E-state index in [1.807, 2.05) is 6.92 Å². The number of rotatable bonds is 6. The van der Waals surface area contributed by atoms with Gasteiger partial charge in [0.05, 0.1) is 17.0 Å². The predicted octanol–water partition coefficient (Wildman–Crippen LogP) is 4.13. The van der Waals surface area contributed by atoms with Gasteiger partial charge in [-0.25, -0.2) is 4.79 Å². The Labute approximate surface area is 137 Å². The van der Waals surface area contributed by atoms with Gasteiger partial charge in [-0.1, -0.05) is 11.6 Å². The van der Waals surface area contributed by atoms with Gasteiger partial charge in [-0.15, -0.1) is 0 Å². The van der Waals surface area contributed by atoms with Crippen LogP contribution in [0.25, 0.3) is 0 Å². The highest BCUT2D eigenvalue weighted by molar-refractivity contribution is 6.01. The second-order valence-electron chi connectivity index (χ2n) is 5.07. The number of carboxylic acids is 1. The zero-order chi connectivity index (χ0) is 17.7. The Morgan fingerprint density at radius 1 is 1.21 bits per heavy atom. The molecule has 0 heterocycles. The molecule has 0 bridgehead atoms. The predicted molar refractivity (Wildman–Crippen MR) is 87.0 cm³/mol. The van der Waals surface area contributed by atoms with Crippen molar-refractivity contribution in [2.75, 3.05) is 5.43 Å². The molecule has 0 spiro atoms. The van der Waals surface area contributed by atoms with E-state index in [-0.39, 0.29) is 11.3 Å². The molecule has 2 rings (SSSR count). The van der Waals surface area contributed by atoms with Crippen molar-refractivity contribution in [2.45, 2.75) is 20.5 Å². The number of nitrogens with one attached hydrogen (secondary N) is 1. The van der Waals surface area contributed by atoms with Crippen LogP contribution >= 0.6 is 0 Å². The number of nitrogens with zero attached hydrogens (tertiary/aromatic N) is 1. The van der Waals surface area contributed by atoms with Crippen LogP contribution in [0.5, 0.6) is 5.75 Å². The summed E-state index contributed by atoms with van der Waals surface area (Å²) in [5, 5.41) is 13.0. The number of carbonyl (C=O) groups is 1. The lowest BCUT2D eigenvalue weighted by atomic mass is 10.1. The van der Waals surface area contributed by atoms with Gasteiger partial charge in [0.25, 0.3) is 0 Å². The van der Waals surface area contributed by atoms with E-state index in [4.69, 9.17) is 5.11 Å². The topological polar surface area (TPSA) is 70.9 Å². The zero-order valence-corrected chi connectivity index (χ0v) is 13.1. The number of hydrogen-bond acceptors (Lipinski definition) is 4. The fraction of sp³-hybridized carbons (Fsp3) is 0.176. The van der Waals surface area contributed by atoms with Gasteiger partial charge < -0.3 is 9.84 Å². The van der Waals surface area contributed by atoms with Gasteiger partial charge in [-0.2, -0.15) is 13.9 Å². The number of ether oxygens (including phenoxy) is 1. The molecule has 2 aromatic rings. The van der Waals surface area contributed by atoms with Crippen LogP contribution in [-0.2, 0) is 0 Å². The van der Waals surface area contributed by atoms with Crippen molar-refractivity contribution in [3.05, 3.63) is 59.2 Å². The highest BCUT2D eigenvalue weighted by Gasteiger charge is 2.12. The number of halogens is 2. The van der Waals surface area contributed by atoms with E-state index < -0.39 is 12.6 Å². The number of hydrazone groups is 1. The molecule has 7 heteroatoms. The van der Waals surface area contributed by atoms with Gasteiger partial charge in [0.1, 0.15) is 5.75 Å². The third kappa shape index (κ3) is 4.52. The number of alkyl halides is 2. The molecule has 24 heavy (non-hydrogen) atoms. The monoisotopic (exact) mass is 334 g/mol. The van der Waals surface area contributed by atoms with Crippen LogP contribution in [0.2, 0.25) is 0 Å². The quantitative estimate of drug-likeness (QED) is 0.615. The zero-order valence-electron chi connectivity index (χ0n) is 13.1. The number of aromatic carboxylic acids is 1. The number of carboxylic acid groups (broad SMARTS) is 1. The normalized spacial score (nSPS) is 11.5. The average molecular weight is 334 g/mol. The third-order valence-electron chi connectivity index (χ3n) is 3.23. The van der Waals surface area contributed by atoms with Gasteiger partial charge >= 0.3 is 12.6 Å². The van der Waals surface area contributed by atoms with Crippen molar-refractivity contribution < 1.29 is 23.4 Å². The smallest absolute Gasteiger partial charge is 0.387 e. The molecule has 0 atom stereocenters. The second-order valence-corrected chi connectivity index (χ2v) is 5.07. The summed E-state index contributed by atoms with van der Waals surface area (Å²) in [6, 6.07) is 10.8. The maximum absolute atomic E-state index is 12.5. The molecular formula is C17H16F2N2O3. The molecule has 0 radical (unpaired) electrons. The van der Waals surface area contributed by atoms with Crippen LogP contribution in [0.4, 0.5) is 14.5 Å².